The zero-order valence-corrected chi connectivity index (χ0v) is 7.51. The summed E-state index contributed by atoms with van der Waals surface area (Å²) < 4.78 is 0. The molecule has 1 aliphatic carbocycles. The van der Waals surface area contributed by atoms with E-state index in [1.165, 1.54) is 0 Å². The summed E-state index contributed by atoms with van der Waals surface area (Å²) in [6.07, 6.45) is 2.88. The fourth-order valence-corrected chi connectivity index (χ4v) is 2.34. The molecule has 1 saturated carbocycles. The standard InChI is InChI=1S/C9H19NO/c1-3-8(11)9(6-10)4-7(2)5-9/h7-8,11H,3-6,10H2,1-2H3/t7?,8-,9?/m0/s1. The average Bonchev–Trinajstić information content (AvgIpc) is 1.96. The van der Waals surface area contributed by atoms with Crippen molar-refractivity contribution < 1.29 is 5.11 Å². The minimum Gasteiger partial charge on any atom is -0.393 e. The lowest BCUT2D eigenvalue weighted by Crippen LogP contribution is -2.50. The van der Waals surface area contributed by atoms with E-state index in [0.717, 1.165) is 25.2 Å². The van der Waals surface area contributed by atoms with Gasteiger partial charge < -0.3 is 10.8 Å². The first kappa shape index (κ1) is 9.01. The minimum absolute atomic E-state index is 0.0775. The van der Waals surface area contributed by atoms with Crippen molar-refractivity contribution in [3.8, 4) is 0 Å². The summed E-state index contributed by atoms with van der Waals surface area (Å²) in [7, 11) is 0. The van der Waals surface area contributed by atoms with Crippen LogP contribution in [0.1, 0.15) is 33.1 Å². The van der Waals surface area contributed by atoms with Gasteiger partial charge in [0.2, 0.25) is 0 Å². The van der Waals surface area contributed by atoms with Gasteiger partial charge in [-0.05, 0) is 25.2 Å². The monoisotopic (exact) mass is 157 g/mol. The van der Waals surface area contributed by atoms with Gasteiger partial charge in [-0.3, -0.25) is 0 Å². The molecule has 0 unspecified atom stereocenters. The Morgan fingerprint density at radius 2 is 2.18 bits per heavy atom. The van der Waals surface area contributed by atoms with Crippen LogP contribution in [0.3, 0.4) is 0 Å². The second-order valence-corrected chi connectivity index (χ2v) is 4.00. The molecule has 0 aliphatic heterocycles. The fourth-order valence-electron chi connectivity index (χ4n) is 2.34. The normalized spacial score (nSPS) is 39.8. The Hall–Kier alpha value is -0.0800. The summed E-state index contributed by atoms with van der Waals surface area (Å²) in [6, 6.07) is 0. The smallest absolute Gasteiger partial charge is 0.0606 e. The maximum atomic E-state index is 9.67. The van der Waals surface area contributed by atoms with Gasteiger partial charge in [0.15, 0.2) is 0 Å². The summed E-state index contributed by atoms with van der Waals surface area (Å²) >= 11 is 0. The molecular formula is C9H19NO. The summed E-state index contributed by atoms with van der Waals surface area (Å²) in [4.78, 5) is 0. The van der Waals surface area contributed by atoms with Crippen molar-refractivity contribution in [2.24, 2.45) is 17.1 Å². The van der Waals surface area contributed by atoms with Crippen LogP contribution >= 0.6 is 0 Å². The first-order valence-corrected chi connectivity index (χ1v) is 4.52. The van der Waals surface area contributed by atoms with Gasteiger partial charge in [0.1, 0.15) is 0 Å². The van der Waals surface area contributed by atoms with E-state index in [1.54, 1.807) is 0 Å². The van der Waals surface area contributed by atoms with E-state index in [0.29, 0.717) is 6.54 Å². The molecule has 0 aromatic rings. The van der Waals surface area contributed by atoms with E-state index >= 15 is 0 Å². The zero-order valence-electron chi connectivity index (χ0n) is 7.51. The second kappa shape index (κ2) is 3.11. The molecule has 1 aliphatic rings. The van der Waals surface area contributed by atoms with Crippen molar-refractivity contribution in [3.63, 3.8) is 0 Å². The van der Waals surface area contributed by atoms with Crippen molar-refractivity contribution in [2.75, 3.05) is 6.54 Å². The topological polar surface area (TPSA) is 46.2 Å². The largest absolute Gasteiger partial charge is 0.393 e. The summed E-state index contributed by atoms with van der Waals surface area (Å²) in [6.45, 7) is 4.88. The van der Waals surface area contributed by atoms with Gasteiger partial charge in [-0.1, -0.05) is 13.8 Å². The van der Waals surface area contributed by atoms with E-state index < -0.39 is 0 Å². The minimum atomic E-state index is -0.177. The van der Waals surface area contributed by atoms with Crippen molar-refractivity contribution in [1.29, 1.82) is 0 Å². The Morgan fingerprint density at radius 3 is 2.45 bits per heavy atom. The van der Waals surface area contributed by atoms with E-state index in [2.05, 4.69) is 6.92 Å². The van der Waals surface area contributed by atoms with E-state index in [9.17, 15) is 5.11 Å². The predicted octanol–water partition coefficient (Wildman–Crippen LogP) is 1.13. The fraction of sp³-hybridized carbons (Fsp3) is 1.00. The highest BCUT2D eigenvalue weighted by Crippen LogP contribution is 2.47. The Labute approximate surface area is 68.8 Å². The highest BCUT2D eigenvalue weighted by molar-refractivity contribution is 4.97. The van der Waals surface area contributed by atoms with Gasteiger partial charge in [0, 0.05) is 12.0 Å². The maximum absolute atomic E-state index is 9.67. The number of aliphatic hydroxyl groups excluding tert-OH is 1. The highest BCUT2D eigenvalue weighted by Gasteiger charge is 2.45. The van der Waals surface area contributed by atoms with Gasteiger partial charge in [-0.2, -0.15) is 0 Å². The zero-order chi connectivity index (χ0) is 8.48. The Balaban J connectivity index is 2.49. The SMILES string of the molecule is CC[C@H](O)C1(CN)CC(C)C1. The first-order chi connectivity index (χ1) is 5.14. The summed E-state index contributed by atoms with van der Waals surface area (Å²) in [5.41, 5.74) is 5.73. The van der Waals surface area contributed by atoms with Crippen molar-refractivity contribution >= 4 is 0 Å². The summed E-state index contributed by atoms with van der Waals surface area (Å²) in [5.74, 6) is 0.764. The van der Waals surface area contributed by atoms with Crippen LogP contribution in [-0.4, -0.2) is 17.8 Å². The van der Waals surface area contributed by atoms with Gasteiger partial charge in [-0.15, -0.1) is 0 Å². The van der Waals surface area contributed by atoms with Crippen molar-refractivity contribution in [2.45, 2.75) is 39.2 Å². The third-order valence-corrected chi connectivity index (χ3v) is 3.01. The Bertz CT molecular complexity index is 130. The third-order valence-electron chi connectivity index (χ3n) is 3.01. The molecule has 0 heterocycles. The van der Waals surface area contributed by atoms with Gasteiger partial charge >= 0.3 is 0 Å². The van der Waals surface area contributed by atoms with Crippen LogP contribution < -0.4 is 5.73 Å². The quantitative estimate of drug-likeness (QED) is 0.645. The Morgan fingerprint density at radius 1 is 1.64 bits per heavy atom. The maximum Gasteiger partial charge on any atom is 0.0606 e. The molecule has 2 nitrogen and oxygen atoms in total. The number of aliphatic hydroxyl groups is 1. The van der Waals surface area contributed by atoms with Gasteiger partial charge in [0.25, 0.3) is 0 Å². The molecule has 0 bridgehead atoms. The van der Waals surface area contributed by atoms with Gasteiger partial charge in [0.05, 0.1) is 6.10 Å². The molecule has 2 heteroatoms. The first-order valence-electron chi connectivity index (χ1n) is 4.52. The molecule has 0 spiro atoms. The van der Waals surface area contributed by atoms with Crippen molar-refractivity contribution in [3.05, 3.63) is 0 Å². The molecule has 1 rings (SSSR count). The molecule has 11 heavy (non-hydrogen) atoms. The molecule has 0 amide bonds. The molecule has 0 radical (unpaired) electrons. The molecule has 0 aromatic heterocycles. The van der Waals surface area contributed by atoms with E-state index in [1.807, 2.05) is 6.92 Å². The van der Waals surface area contributed by atoms with E-state index in [-0.39, 0.29) is 11.5 Å². The summed E-state index contributed by atoms with van der Waals surface area (Å²) in [5, 5.41) is 9.67. The van der Waals surface area contributed by atoms with Crippen LogP contribution in [0.25, 0.3) is 0 Å². The van der Waals surface area contributed by atoms with Crippen LogP contribution in [-0.2, 0) is 0 Å². The Kier molecular flexibility index (Phi) is 2.55. The predicted molar refractivity (Wildman–Crippen MR) is 46.2 cm³/mol. The molecule has 0 aromatic carbocycles. The number of nitrogens with two attached hydrogens (primary N) is 1. The van der Waals surface area contributed by atoms with Crippen molar-refractivity contribution in [1.82, 2.24) is 0 Å². The lowest BCUT2D eigenvalue weighted by Gasteiger charge is -2.49. The third kappa shape index (κ3) is 1.42. The van der Waals surface area contributed by atoms with Crippen LogP contribution in [0.15, 0.2) is 0 Å². The van der Waals surface area contributed by atoms with Crippen LogP contribution in [0, 0.1) is 11.3 Å². The number of hydrogen-bond donors (Lipinski definition) is 2. The van der Waals surface area contributed by atoms with E-state index in [4.69, 9.17) is 5.73 Å². The van der Waals surface area contributed by atoms with Crippen LogP contribution in [0.5, 0.6) is 0 Å². The van der Waals surface area contributed by atoms with Crippen LogP contribution in [0.4, 0.5) is 0 Å². The molecule has 0 saturated heterocycles. The number of rotatable bonds is 3. The van der Waals surface area contributed by atoms with Crippen LogP contribution in [0.2, 0.25) is 0 Å². The molecule has 1 fully saturated rings. The molecule has 1 atom stereocenters. The van der Waals surface area contributed by atoms with Gasteiger partial charge in [-0.25, -0.2) is 0 Å². The molecule has 3 N–H and O–H groups in total. The lowest BCUT2D eigenvalue weighted by atomic mass is 9.59. The second-order valence-electron chi connectivity index (χ2n) is 4.00. The lowest BCUT2D eigenvalue weighted by molar-refractivity contribution is -0.0591. The average molecular weight is 157 g/mol. The highest BCUT2D eigenvalue weighted by atomic mass is 16.3. The molecular weight excluding hydrogens is 138 g/mol. The number of hydrogen-bond acceptors (Lipinski definition) is 2. The molecule has 66 valence electrons.